The third-order valence-corrected chi connectivity index (χ3v) is 8.62. The van der Waals surface area contributed by atoms with Crippen LogP contribution in [0.5, 0.6) is 0 Å². The summed E-state index contributed by atoms with van der Waals surface area (Å²) in [5.41, 5.74) is 0.726. The van der Waals surface area contributed by atoms with E-state index in [1.165, 1.54) is 51.4 Å². The maximum atomic E-state index is 12.8. The van der Waals surface area contributed by atoms with Gasteiger partial charge in [0.1, 0.15) is 0 Å². The Morgan fingerprint density at radius 2 is 1.11 bits per heavy atom. The molecular weight excluding hydrogens is 239 g/mol. The summed E-state index contributed by atoms with van der Waals surface area (Å²) in [5, 5.41) is 0. The van der Waals surface area contributed by atoms with Crippen LogP contribution < -0.4 is 0 Å². The second-order valence-corrected chi connectivity index (χ2v) is 10.5. The Morgan fingerprint density at radius 1 is 0.722 bits per heavy atom. The quantitative estimate of drug-likeness (QED) is 0.319. The first-order valence-corrected chi connectivity index (χ1v) is 10.1. The molecule has 1 nitrogen and oxygen atoms in total. The molecule has 0 rings (SSSR count). The van der Waals surface area contributed by atoms with E-state index in [1.807, 2.05) is 0 Å². The number of rotatable bonds is 11. The molecule has 0 bridgehead atoms. The molecule has 0 saturated heterocycles. The van der Waals surface area contributed by atoms with E-state index >= 15 is 0 Å². The van der Waals surface area contributed by atoms with Gasteiger partial charge in [0.15, 0.2) is 0 Å². The van der Waals surface area contributed by atoms with Crippen molar-refractivity contribution < 1.29 is 4.57 Å². The molecule has 0 aliphatic carbocycles. The molecule has 0 unspecified atom stereocenters. The molecule has 0 heterocycles. The van der Waals surface area contributed by atoms with Crippen LogP contribution in [0.15, 0.2) is 0 Å². The SMILES string of the molecule is CCCCCCCCCCP(=O)(C(C)C)C(C)C. The van der Waals surface area contributed by atoms with E-state index in [4.69, 9.17) is 0 Å². The summed E-state index contributed by atoms with van der Waals surface area (Å²) in [7, 11) is -1.93. The normalized spacial score (nSPS) is 12.6. The van der Waals surface area contributed by atoms with Crippen LogP contribution in [-0.4, -0.2) is 17.5 Å². The molecule has 0 amide bonds. The van der Waals surface area contributed by atoms with Gasteiger partial charge in [0.25, 0.3) is 0 Å². The predicted molar refractivity (Wildman–Crippen MR) is 85.4 cm³/mol. The van der Waals surface area contributed by atoms with Gasteiger partial charge in [0.05, 0.1) is 7.14 Å². The van der Waals surface area contributed by atoms with Crippen molar-refractivity contribution in [3.63, 3.8) is 0 Å². The molecule has 0 fully saturated rings. The highest BCUT2D eigenvalue weighted by Gasteiger charge is 2.29. The topological polar surface area (TPSA) is 17.1 Å². The van der Waals surface area contributed by atoms with Crippen molar-refractivity contribution in [2.75, 3.05) is 6.16 Å². The van der Waals surface area contributed by atoms with Crippen molar-refractivity contribution in [3.05, 3.63) is 0 Å². The van der Waals surface area contributed by atoms with E-state index < -0.39 is 7.14 Å². The predicted octanol–water partition coefficient (Wildman–Crippen LogP) is 6.31. The Bertz CT molecular complexity index is 221. The van der Waals surface area contributed by atoms with Gasteiger partial charge in [-0.25, -0.2) is 0 Å². The summed E-state index contributed by atoms with van der Waals surface area (Å²) in [6.45, 7) is 10.8. The van der Waals surface area contributed by atoms with Gasteiger partial charge in [-0.3, -0.25) is 0 Å². The standard InChI is InChI=1S/C16H35OP/c1-6-7-8-9-10-11-12-13-14-18(17,15(2)3)16(4)5/h15-16H,6-14H2,1-5H3. The first kappa shape index (κ1) is 18.2. The first-order valence-electron chi connectivity index (χ1n) is 8.03. The van der Waals surface area contributed by atoms with E-state index in [-0.39, 0.29) is 0 Å². The van der Waals surface area contributed by atoms with Crippen molar-refractivity contribution in [3.8, 4) is 0 Å². The molecule has 0 atom stereocenters. The zero-order chi connectivity index (χ0) is 14.0. The monoisotopic (exact) mass is 274 g/mol. The van der Waals surface area contributed by atoms with Gasteiger partial charge in [0.2, 0.25) is 0 Å². The molecule has 0 radical (unpaired) electrons. The van der Waals surface area contributed by atoms with E-state index in [9.17, 15) is 4.57 Å². The molecular formula is C16H35OP. The molecule has 110 valence electrons. The molecule has 2 heteroatoms. The van der Waals surface area contributed by atoms with Gasteiger partial charge in [-0.2, -0.15) is 0 Å². The van der Waals surface area contributed by atoms with Crippen molar-refractivity contribution >= 4 is 7.14 Å². The third kappa shape index (κ3) is 6.98. The Labute approximate surface area is 116 Å². The van der Waals surface area contributed by atoms with Gasteiger partial charge in [-0.05, 0) is 6.42 Å². The lowest BCUT2D eigenvalue weighted by Gasteiger charge is -2.26. The summed E-state index contributed by atoms with van der Waals surface area (Å²) >= 11 is 0. The summed E-state index contributed by atoms with van der Waals surface area (Å²) in [6, 6.07) is 0. The minimum absolute atomic E-state index is 0.363. The second kappa shape index (κ2) is 10.1. The molecule has 0 spiro atoms. The third-order valence-electron chi connectivity index (χ3n) is 4.11. The van der Waals surface area contributed by atoms with Gasteiger partial charge in [0, 0.05) is 17.5 Å². The zero-order valence-electron chi connectivity index (χ0n) is 13.4. The largest absolute Gasteiger partial charge is 0.323 e. The molecule has 0 N–H and O–H groups in total. The lowest BCUT2D eigenvalue weighted by molar-refractivity contribution is 0.552. The molecule has 0 aromatic heterocycles. The summed E-state index contributed by atoms with van der Waals surface area (Å²) in [4.78, 5) is 0. The minimum Gasteiger partial charge on any atom is -0.323 e. The van der Waals surface area contributed by atoms with Gasteiger partial charge in [-0.1, -0.05) is 79.6 Å². The molecule has 18 heavy (non-hydrogen) atoms. The van der Waals surface area contributed by atoms with Crippen LogP contribution in [-0.2, 0) is 4.57 Å². The Hall–Kier alpha value is 0.230. The van der Waals surface area contributed by atoms with Crippen molar-refractivity contribution in [2.24, 2.45) is 0 Å². The lowest BCUT2D eigenvalue weighted by atomic mass is 10.1. The maximum absolute atomic E-state index is 12.8. The van der Waals surface area contributed by atoms with Crippen molar-refractivity contribution in [1.29, 1.82) is 0 Å². The molecule has 0 aromatic rings. The fourth-order valence-corrected chi connectivity index (χ4v) is 5.55. The molecule has 0 aliphatic rings. The molecule has 0 aromatic carbocycles. The number of hydrogen-bond donors (Lipinski definition) is 0. The van der Waals surface area contributed by atoms with Crippen LogP contribution in [0.1, 0.15) is 86.0 Å². The molecule has 0 saturated carbocycles. The lowest BCUT2D eigenvalue weighted by Crippen LogP contribution is -2.11. The minimum atomic E-state index is -1.93. The fraction of sp³-hybridized carbons (Fsp3) is 1.00. The van der Waals surface area contributed by atoms with E-state index in [2.05, 4.69) is 34.6 Å². The molecule has 0 aliphatic heterocycles. The van der Waals surface area contributed by atoms with Gasteiger partial charge >= 0.3 is 0 Å². The highest BCUT2D eigenvalue weighted by atomic mass is 31.2. The van der Waals surface area contributed by atoms with Crippen LogP contribution in [0.25, 0.3) is 0 Å². The number of unbranched alkanes of at least 4 members (excludes halogenated alkanes) is 7. The van der Waals surface area contributed by atoms with Crippen molar-refractivity contribution in [1.82, 2.24) is 0 Å². The average Bonchev–Trinajstić information content (AvgIpc) is 2.31. The Kier molecular flexibility index (Phi) is 10.2. The van der Waals surface area contributed by atoms with E-state index in [0.717, 1.165) is 6.16 Å². The second-order valence-electron chi connectivity index (χ2n) is 6.24. The first-order chi connectivity index (χ1) is 8.45. The Morgan fingerprint density at radius 3 is 1.50 bits per heavy atom. The zero-order valence-corrected chi connectivity index (χ0v) is 14.3. The highest BCUT2D eigenvalue weighted by Crippen LogP contribution is 2.55. The summed E-state index contributed by atoms with van der Waals surface area (Å²) in [5.74, 6) is 0. The highest BCUT2D eigenvalue weighted by molar-refractivity contribution is 7.65. The van der Waals surface area contributed by atoms with Crippen LogP contribution >= 0.6 is 7.14 Å². The van der Waals surface area contributed by atoms with E-state index in [0.29, 0.717) is 11.3 Å². The van der Waals surface area contributed by atoms with Gasteiger partial charge in [-0.15, -0.1) is 0 Å². The average molecular weight is 274 g/mol. The fourth-order valence-electron chi connectivity index (χ4n) is 2.61. The van der Waals surface area contributed by atoms with Crippen LogP contribution in [0.3, 0.4) is 0 Å². The van der Waals surface area contributed by atoms with E-state index in [1.54, 1.807) is 0 Å². The van der Waals surface area contributed by atoms with Crippen LogP contribution in [0, 0.1) is 0 Å². The Balaban J connectivity index is 3.67. The number of hydrogen-bond acceptors (Lipinski definition) is 1. The summed E-state index contributed by atoms with van der Waals surface area (Å²) in [6.07, 6.45) is 11.6. The van der Waals surface area contributed by atoms with Gasteiger partial charge < -0.3 is 4.57 Å². The smallest absolute Gasteiger partial charge is 0.0925 e. The summed E-state index contributed by atoms with van der Waals surface area (Å²) < 4.78 is 12.8. The maximum Gasteiger partial charge on any atom is 0.0925 e. The van der Waals surface area contributed by atoms with Crippen LogP contribution in [0.4, 0.5) is 0 Å². The van der Waals surface area contributed by atoms with Crippen molar-refractivity contribution in [2.45, 2.75) is 97.3 Å². The van der Waals surface area contributed by atoms with Crippen LogP contribution in [0.2, 0.25) is 0 Å².